The van der Waals surface area contributed by atoms with Crippen molar-refractivity contribution in [2.24, 2.45) is 5.92 Å². The van der Waals surface area contributed by atoms with Gasteiger partial charge in [0.1, 0.15) is 0 Å². The fourth-order valence-corrected chi connectivity index (χ4v) is 5.37. The van der Waals surface area contributed by atoms with Crippen molar-refractivity contribution >= 4 is 27.6 Å². The molecule has 34 heavy (non-hydrogen) atoms. The molecule has 1 fully saturated rings. The van der Waals surface area contributed by atoms with Crippen molar-refractivity contribution in [3.8, 4) is 11.5 Å². The molecule has 9 nitrogen and oxygen atoms in total. The van der Waals surface area contributed by atoms with Crippen LogP contribution in [0.5, 0.6) is 11.5 Å². The van der Waals surface area contributed by atoms with Crippen molar-refractivity contribution in [1.82, 2.24) is 4.31 Å². The maximum Gasteiger partial charge on any atom is 0.338 e. The van der Waals surface area contributed by atoms with Crippen LogP contribution in [-0.2, 0) is 19.6 Å². The van der Waals surface area contributed by atoms with E-state index >= 15 is 0 Å². The highest BCUT2D eigenvalue weighted by molar-refractivity contribution is 7.89. The molecule has 0 aromatic heterocycles. The van der Waals surface area contributed by atoms with Crippen LogP contribution in [-0.4, -0.2) is 65.6 Å². The summed E-state index contributed by atoms with van der Waals surface area (Å²) in [6.07, 6.45) is 0.827. The molecular weight excluding hydrogens is 460 g/mol. The number of esters is 1. The molecule has 2 aromatic rings. The molecule has 1 heterocycles. The summed E-state index contributed by atoms with van der Waals surface area (Å²) < 4.78 is 43.0. The number of benzene rings is 2. The van der Waals surface area contributed by atoms with Gasteiger partial charge in [0.05, 0.1) is 31.3 Å². The first-order valence-corrected chi connectivity index (χ1v) is 12.4. The minimum absolute atomic E-state index is 0.0805. The summed E-state index contributed by atoms with van der Waals surface area (Å²) in [5, 5.41) is 0. The smallest absolute Gasteiger partial charge is 0.338 e. The zero-order chi connectivity index (χ0) is 24.9. The summed E-state index contributed by atoms with van der Waals surface area (Å²) in [5.41, 5.74) is 0.961. The lowest BCUT2D eigenvalue weighted by Gasteiger charge is -2.32. The van der Waals surface area contributed by atoms with Crippen LogP contribution in [0.1, 0.15) is 30.1 Å². The highest BCUT2D eigenvalue weighted by Crippen LogP contribution is 2.32. The van der Waals surface area contributed by atoms with Crippen LogP contribution < -0.4 is 14.4 Å². The van der Waals surface area contributed by atoms with E-state index in [1.54, 1.807) is 44.2 Å². The SMILES string of the molecule is CCOC(=O)c1ccc(S(=O)(=O)N2CCC(C(=O)N(C)c3ccc(OC)c(OC)c3)CC2)cc1. The third-order valence-electron chi connectivity index (χ3n) is 5.89. The predicted molar refractivity (Wildman–Crippen MR) is 127 cm³/mol. The largest absolute Gasteiger partial charge is 0.493 e. The van der Waals surface area contributed by atoms with Crippen LogP contribution in [0.3, 0.4) is 0 Å². The van der Waals surface area contributed by atoms with E-state index in [1.807, 2.05) is 0 Å². The number of piperidine rings is 1. The molecule has 0 atom stereocenters. The number of amides is 1. The van der Waals surface area contributed by atoms with Gasteiger partial charge < -0.3 is 19.1 Å². The summed E-state index contributed by atoms with van der Waals surface area (Å²) in [5.74, 6) is 0.221. The van der Waals surface area contributed by atoms with Crippen molar-refractivity contribution in [1.29, 1.82) is 0 Å². The third-order valence-corrected chi connectivity index (χ3v) is 7.80. The number of rotatable bonds is 8. The lowest BCUT2D eigenvalue weighted by Crippen LogP contribution is -2.43. The minimum Gasteiger partial charge on any atom is -0.493 e. The second kappa shape index (κ2) is 10.9. The summed E-state index contributed by atoms with van der Waals surface area (Å²) in [6, 6.07) is 10.9. The summed E-state index contributed by atoms with van der Waals surface area (Å²) in [4.78, 5) is 26.5. The van der Waals surface area contributed by atoms with Gasteiger partial charge in [0, 0.05) is 37.8 Å². The molecule has 0 N–H and O–H groups in total. The zero-order valence-corrected chi connectivity index (χ0v) is 20.6. The Morgan fingerprint density at radius 1 is 1.00 bits per heavy atom. The number of hydrogen-bond acceptors (Lipinski definition) is 7. The van der Waals surface area contributed by atoms with E-state index in [0.29, 0.717) is 35.6 Å². The van der Waals surface area contributed by atoms with E-state index in [1.165, 1.54) is 35.7 Å². The standard InChI is InChI=1S/C24H30N2O7S/c1-5-33-24(28)18-6-9-20(10-7-18)34(29,30)26-14-12-17(13-15-26)23(27)25(2)19-8-11-21(31-3)22(16-19)32-4/h6-11,16-17H,5,12-15H2,1-4H3. The number of nitrogens with zero attached hydrogens (tertiary/aromatic N) is 2. The number of ether oxygens (including phenoxy) is 3. The Kier molecular flexibility index (Phi) is 8.16. The van der Waals surface area contributed by atoms with Gasteiger partial charge >= 0.3 is 5.97 Å². The molecule has 0 unspecified atom stereocenters. The monoisotopic (exact) mass is 490 g/mol. The Balaban J connectivity index is 1.65. The van der Waals surface area contributed by atoms with E-state index in [-0.39, 0.29) is 36.4 Å². The topological polar surface area (TPSA) is 102 Å². The molecule has 184 valence electrons. The van der Waals surface area contributed by atoms with E-state index < -0.39 is 16.0 Å². The van der Waals surface area contributed by atoms with Crippen LogP contribution >= 0.6 is 0 Å². The van der Waals surface area contributed by atoms with Crippen molar-refractivity contribution in [2.75, 3.05) is 45.9 Å². The average molecular weight is 491 g/mol. The van der Waals surface area contributed by atoms with E-state index in [0.717, 1.165) is 0 Å². The molecule has 1 amide bonds. The number of hydrogen-bond donors (Lipinski definition) is 0. The second-order valence-corrected chi connectivity index (χ2v) is 9.80. The van der Waals surface area contributed by atoms with Gasteiger partial charge in [-0.3, -0.25) is 4.79 Å². The maximum atomic E-state index is 13.1. The summed E-state index contributed by atoms with van der Waals surface area (Å²) in [6.45, 7) is 2.42. The zero-order valence-electron chi connectivity index (χ0n) is 19.8. The van der Waals surface area contributed by atoms with Crippen LogP contribution in [0, 0.1) is 5.92 Å². The van der Waals surface area contributed by atoms with Crippen LogP contribution in [0.25, 0.3) is 0 Å². The molecule has 0 bridgehead atoms. The maximum absolute atomic E-state index is 13.1. The number of anilines is 1. The number of carbonyl (C=O) groups excluding carboxylic acids is 2. The molecular formula is C24H30N2O7S. The van der Waals surface area contributed by atoms with Gasteiger partial charge in [0.25, 0.3) is 0 Å². The Morgan fingerprint density at radius 3 is 2.18 bits per heavy atom. The van der Waals surface area contributed by atoms with E-state index in [2.05, 4.69) is 0 Å². The van der Waals surface area contributed by atoms with Gasteiger partial charge in [-0.2, -0.15) is 4.31 Å². The third kappa shape index (κ3) is 5.34. The lowest BCUT2D eigenvalue weighted by atomic mass is 9.96. The van der Waals surface area contributed by atoms with Crippen molar-refractivity contribution in [2.45, 2.75) is 24.7 Å². The fraction of sp³-hybridized carbons (Fsp3) is 0.417. The molecule has 1 saturated heterocycles. The van der Waals surface area contributed by atoms with Gasteiger partial charge in [-0.05, 0) is 56.2 Å². The molecule has 0 aliphatic carbocycles. The first-order valence-electron chi connectivity index (χ1n) is 11.0. The van der Waals surface area contributed by atoms with Crippen molar-refractivity contribution in [3.63, 3.8) is 0 Å². The Bertz CT molecular complexity index is 1120. The van der Waals surface area contributed by atoms with Crippen LogP contribution in [0.4, 0.5) is 5.69 Å². The molecule has 1 aliphatic rings. The van der Waals surface area contributed by atoms with E-state index in [9.17, 15) is 18.0 Å². The Hall–Kier alpha value is -3.11. The van der Waals surface area contributed by atoms with E-state index in [4.69, 9.17) is 14.2 Å². The molecule has 1 aliphatic heterocycles. The van der Waals surface area contributed by atoms with Gasteiger partial charge in [0.2, 0.25) is 15.9 Å². The normalized spacial score (nSPS) is 14.9. The minimum atomic E-state index is -3.73. The predicted octanol–water partition coefficient (Wildman–Crippen LogP) is 2.94. The highest BCUT2D eigenvalue weighted by Gasteiger charge is 2.33. The highest BCUT2D eigenvalue weighted by atomic mass is 32.2. The summed E-state index contributed by atoms with van der Waals surface area (Å²) >= 11 is 0. The van der Waals surface area contributed by atoms with Gasteiger partial charge in [-0.15, -0.1) is 0 Å². The first-order chi connectivity index (χ1) is 16.2. The Labute approximate surface area is 200 Å². The quantitative estimate of drug-likeness (QED) is 0.524. The fourth-order valence-electron chi connectivity index (χ4n) is 3.90. The molecule has 0 radical (unpaired) electrons. The number of methoxy groups -OCH3 is 2. The van der Waals surface area contributed by atoms with Crippen molar-refractivity contribution in [3.05, 3.63) is 48.0 Å². The van der Waals surface area contributed by atoms with Gasteiger partial charge in [-0.1, -0.05) is 0 Å². The average Bonchev–Trinajstić information content (AvgIpc) is 2.87. The number of carbonyl (C=O) groups is 2. The van der Waals surface area contributed by atoms with Crippen LogP contribution in [0.15, 0.2) is 47.4 Å². The molecule has 0 saturated carbocycles. The molecule has 3 rings (SSSR count). The summed E-state index contributed by atoms with van der Waals surface area (Å²) in [7, 11) is 1.04. The van der Waals surface area contributed by atoms with Crippen LogP contribution in [0.2, 0.25) is 0 Å². The van der Waals surface area contributed by atoms with Gasteiger partial charge in [-0.25, -0.2) is 13.2 Å². The van der Waals surface area contributed by atoms with Gasteiger partial charge in [0.15, 0.2) is 11.5 Å². The Morgan fingerprint density at radius 2 is 1.62 bits per heavy atom. The first kappa shape index (κ1) is 25.5. The molecule has 10 heteroatoms. The molecule has 0 spiro atoms. The lowest BCUT2D eigenvalue weighted by molar-refractivity contribution is -0.123. The van der Waals surface area contributed by atoms with Crippen molar-refractivity contribution < 1.29 is 32.2 Å². The number of sulfonamides is 1. The molecule has 2 aromatic carbocycles. The second-order valence-electron chi connectivity index (χ2n) is 7.86.